The Morgan fingerprint density at radius 3 is 2.75 bits per heavy atom. The molecule has 0 radical (unpaired) electrons. The molecule has 2 aromatic rings. The maximum absolute atomic E-state index is 13.7. The number of nitrogens with one attached hydrogen (secondary N) is 1. The van der Waals surface area contributed by atoms with E-state index in [9.17, 15) is 9.18 Å². The smallest absolute Gasteiger partial charge is 0.258 e. The molecule has 0 aliphatic rings. The van der Waals surface area contributed by atoms with E-state index in [0.29, 0.717) is 11.6 Å². The zero-order chi connectivity index (χ0) is 14.5. The van der Waals surface area contributed by atoms with E-state index in [1.54, 1.807) is 18.2 Å². The largest absolute Gasteiger partial charge is 0.481 e. The minimum Gasteiger partial charge on any atom is -0.481 e. The van der Waals surface area contributed by atoms with E-state index in [2.05, 4.69) is 10.3 Å². The first-order valence-corrected chi connectivity index (χ1v) is 5.65. The minimum atomic E-state index is -0.747. The molecule has 0 saturated carbocycles. The second-order valence-electron chi connectivity index (χ2n) is 3.85. The lowest BCUT2D eigenvalue weighted by atomic mass is 10.1. The normalized spacial score (nSPS) is 9.65. The summed E-state index contributed by atoms with van der Waals surface area (Å²) in [5.74, 6) is -0.950. The average Bonchev–Trinajstić information content (AvgIpc) is 2.47. The number of amides is 1. The molecule has 1 N–H and O–H groups in total. The Hall–Kier alpha value is -2.94. The number of carbonyl (C=O) groups is 1. The van der Waals surface area contributed by atoms with Crippen molar-refractivity contribution in [3.63, 3.8) is 0 Å². The van der Waals surface area contributed by atoms with Gasteiger partial charge in [0.25, 0.3) is 5.91 Å². The first-order valence-electron chi connectivity index (χ1n) is 5.65. The number of rotatable bonds is 3. The number of nitrogens with zero attached hydrogens (tertiary/aromatic N) is 2. The number of methoxy groups -OCH3 is 1. The van der Waals surface area contributed by atoms with Gasteiger partial charge in [0, 0.05) is 6.07 Å². The molecule has 0 atom stereocenters. The molecule has 0 fully saturated rings. The van der Waals surface area contributed by atoms with Gasteiger partial charge in [-0.05, 0) is 24.3 Å². The van der Waals surface area contributed by atoms with Crippen molar-refractivity contribution in [3.8, 4) is 11.9 Å². The van der Waals surface area contributed by atoms with Crippen molar-refractivity contribution < 1.29 is 13.9 Å². The Morgan fingerprint density at radius 2 is 2.20 bits per heavy atom. The Bertz CT molecular complexity index is 678. The van der Waals surface area contributed by atoms with Gasteiger partial charge in [-0.1, -0.05) is 0 Å². The Labute approximate surface area is 114 Å². The Kier molecular flexibility index (Phi) is 3.91. The van der Waals surface area contributed by atoms with Crippen molar-refractivity contribution in [1.82, 2.24) is 4.98 Å². The molecule has 0 aliphatic heterocycles. The van der Waals surface area contributed by atoms with E-state index >= 15 is 0 Å². The molecule has 1 heterocycles. The molecule has 0 saturated heterocycles. The summed E-state index contributed by atoms with van der Waals surface area (Å²) >= 11 is 0. The monoisotopic (exact) mass is 271 g/mol. The second-order valence-corrected chi connectivity index (χ2v) is 3.85. The van der Waals surface area contributed by atoms with Gasteiger partial charge in [-0.2, -0.15) is 5.26 Å². The van der Waals surface area contributed by atoms with Crippen LogP contribution in [0.2, 0.25) is 0 Å². The molecule has 0 spiro atoms. The molecule has 100 valence electrons. The van der Waals surface area contributed by atoms with Crippen molar-refractivity contribution in [3.05, 3.63) is 53.5 Å². The lowest BCUT2D eigenvalue weighted by Crippen LogP contribution is -2.14. The Balaban J connectivity index is 2.17. The number of anilines is 1. The van der Waals surface area contributed by atoms with Gasteiger partial charge in [0.15, 0.2) is 0 Å². The van der Waals surface area contributed by atoms with Crippen LogP contribution in [0.1, 0.15) is 15.9 Å². The van der Waals surface area contributed by atoms with Crippen LogP contribution in [0.4, 0.5) is 10.1 Å². The number of benzene rings is 1. The Morgan fingerprint density at radius 1 is 1.40 bits per heavy atom. The van der Waals surface area contributed by atoms with Crippen LogP contribution in [0, 0.1) is 17.1 Å². The fourth-order valence-electron chi connectivity index (χ4n) is 1.54. The minimum absolute atomic E-state index is 0.139. The summed E-state index contributed by atoms with van der Waals surface area (Å²) in [5.41, 5.74) is 0.435. The average molecular weight is 271 g/mol. The summed E-state index contributed by atoms with van der Waals surface area (Å²) in [7, 11) is 1.48. The highest BCUT2D eigenvalue weighted by molar-refractivity contribution is 6.04. The van der Waals surface area contributed by atoms with Gasteiger partial charge in [-0.15, -0.1) is 0 Å². The van der Waals surface area contributed by atoms with Crippen LogP contribution in [0.25, 0.3) is 0 Å². The van der Waals surface area contributed by atoms with Crippen LogP contribution < -0.4 is 10.1 Å². The van der Waals surface area contributed by atoms with Gasteiger partial charge >= 0.3 is 0 Å². The highest BCUT2D eigenvalue weighted by Crippen LogP contribution is 2.15. The first-order chi connectivity index (χ1) is 9.63. The van der Waals surface area contributed by atoms with Crippen LogP contribution in [-0.2, 0) is 0 Å². The van der Waals surface area contributed by atoms with Crippen LogP contribution in [0.5, 0.6) is 5.88 Å². The van der Waals surface area contributed by atoms with Gasteiger partial charge < -0.3 is 10.1 Å². The molecule has 1 aromatic carbocycles. The summed E-state index contributed by atoms with van der Waals surface area (Å²) in [4.78, 5) is 15.8. The molecule has 0 bridgehead atoms. The molecule has 2 rings (SSSR count). The zero-order valence-electron chi connectivity index (χ0n) is 10.6. The number of carbonyl (C=O) groups excluding carboxylic acids is 1. The molecule has 1 amide bonds. The van der Waals surface area contributed by atoms with Gasteiger partial charge in [-0.3, -0.25) is 4.79 Å². The summed E-state index contributed by atoms with van der Waals surface area (Å²) in [6.45, 7) is 0. The summed E-state index contributed by atoms with van der Waals surface area (Å²) in [6.07, 6.45) is 1.40. The number of aromatic nitrogens is 1. The van der Waals surface area contributed by atoms with E-state index < -0.39 is 11.7 Å². The number of ether oxygens (including phenoxy) is 1. The first kappa shape index (κ1) is 13.5. The van der Waals surface area contributed by atoms with Gasteiger partial charge in [0.05, 0.1) is 36.2 Å². The SMILES string of the molecule is COc1ccc(NC(=O)c2ccc(C#N)cc2F)cn1. The molecule has 20 heavy (non-hydrogen) atoms. The van der Waals surface area contributed by atoms with Crippen LogP contribution in [0.3, 0.4) is 0 Å². The van der Waals surface area contributed by atoms with Crippen molar-refractivity contribution in [2.45, 2.75) is 0 Å². The van der Waals surface area contributed by atoms with Gasteiger partial charge in [0.1, 0.15) is 5.82 Å². The van der Waals surface area contributed by atoms with E-state index in [1.165, 1.54) is 25.4 Å². The molecular weight excluding hydrogens is 261 g/mol. The van der Waals surface area contributed by atoms with E-state index in [-0.39, 0.29) is 11.1 Å². The molecular formula is C14H10FN3O2. The summed E-state index contributed by atoms with van der Waals surface area (Å²) in [6, 6.07) is 8.62. The summed E-state index contributed by atoms with van der Waals surface area (Å²) in [5, 5.41) is 11.1. The highest BCUT2D eigenvalue weighted by Gasteiger charge is 2.12. The van der Waals surface area contributed by atoms with Crippen molar-refractivity contribution >= 4 is 11.6 Å². The third-order valence-corrected chi connectivity index (χ3v) is 2.55. The van der Waals surface area contributed by atoms with Gasteiger partial charge in [0.2, 0.25) is 5.88 Å². The lowest BCUT2D eigenvalue weighted by Gasteiger charge is -2.06. The fourth-order valence-corrected chi connectivity index (χ4v) is 1.54. The maximum Gasteiger partial charge on any atom is 0.258 e. The number of pyridine rings is 1. The number of nitriles is 1. The van der Waals surface area contributed by atoms with Crippen molar-refractivity contribution in [2.24, 2.45) is 0 Å². The van der Waals surface area contributed by atoms with E-state index in [1.807, 2.05) is 0 Å². The number of halogens is 1. The van der Waals surface area contributed by atoms with Gasteiger partial charge in [-0.25, -0.2) is 9.37 Å². The van der Waals surface area contributed by atoms with Crippen LogP contribution in [-0.4, -0.2) is 18.0 Å². The molecule has 0 unspecified atom stereocenters. The second kappa shape index (κ2) is 5.80. The fraction of sp³-hybridized carbons (Fsp3) is 0.0714. The zero-order valence-corrected chi connectivity index (χ0v) is 10.6. The highest BCUT2D eigenvalue weighted by atomic mass is 19.1. The predicted octanol–water partition coefficient (Wildman–Crippen LogP) is 2.35. The standard InChI is InChI=1S/C14H10FN3O2/c1-20-13-5-3-10(8-17-13)18-14(19)11-4-2-9(7-16)6-12(11)15/h2-6,8H,1H3,(H,18,19). The maximum atomic E-state index is 13.7. The topological polar surface area (TPSA) is 75.0 Å². The van der Waals surface area contributed by atoms with E-state index in [4.69, 9.17) is 10.00 Å². The lowest BCUT2D eigenvalue weighted by molar-refractivity contribution is 0.102. The molecule has 1 aromatic heterocycles. The summed E-state index contributed by atoms with van der Waals surface area (Å²) < 4.78 is 18.6. The van der Waals surface area contributed by atoms with E-state index in [0.717, 1.165) is 6.07 Å². The predicted molar refractivity (Wildman–Crippen MR) is 69.9 cm³/mol. The number of hydrogen-bond donors (Lipinski definition) is 1. The third kappa shape index (κ3) is 2.90. The van der Waals surface area contributed by atoms with Crippen LogP contribution >= 0.6 is 0 Å². The third-order valence-electron chi connectivity index (χ3n) is 2.55. The molecule has 6 heteroatoms. The van der Waals surface area contributed by atoms with Crippen molar-refractivity contribution in [1.29, 1.82) is 5.26 Å². The quantitative estimate of drug-likeness (QED) is 0.929. The molecule has 0 aliphatic carbocycles. The van der Waals surface area contributed by atoms with Crippen LogP contribution in [0.15, 0.2) is 36.5 Å². The van der Waals surface area contributed by atoms with Crippen molar-refractivity contribution in [2.75, 3.05) is 12.4 Å². The number of hydrogen-bond acceptors (Lipinski definition) is 4. The molecule has 5 nitrogen and oxygen atoms in total.